The molecule has 0 saturated heterocycles. The van der Waals surface area contributed by atoms with Gasteiger partial charge in [0.15, 0.2) is 0 Å². The highest BCUT2D eigenvalue weighted by Gasteiger charge is 1.94. The Morgan fingerprint density at radius 1 is 1.27 bits per heavy atom. The normalized spacial score (nSPS) is 9.18. The summed E-state index contributed by atoms with van der Waals surface area (Å²) in [6.45, 7) is 13.6. The van der Waals surface area contributed by atoms with E-state index in [-0.39, 0.29) is 0 Å². The summed E-state index contributed by atoms with van der Waals surface area (Å²) in [5, 5.41) is 0. The van der Waals surface area contributed by atoms with Gasteiger partial charge in [-0.15, -0.1) is 0 Å². The van der Waals surface area contributed by atoms with Gasteiger partial charge in [0, 0.05) is 0 Å². The molecule has 0 aliphatic rings. The molecule has 0 heteroatoms. The van der Waals surface area contributed by atoms with Gasteiger partial charge >= 0.3 is 0 Å². The Hall–Kier alpha value is -0.780. The molecule has 0 aromatic rings. The van der Waals surface area contributed by atoms with E-state index in [1.165, 1.54) is 19.3 Å². The van der Waals surface area contributed by atoms with Crippen LogP contribution in [0.2, 0.25) is 0 Å². The summed E-state index contributed by atoms with van der Waals surface area (Å²) < 4.78 is 0. The average molecular weight is 150 g/mol. The van der Waals surface area contributed by atoms with Gasteiger partial charge in [-0.05, 0) is 24.0 Å². The zero-order valence-corrected chi connectivity index (χ0v) is 7.53. The van der Waals surface area contributed by atoms with E-state index >= 15 is 0 Å². The Morgan fingerprint density at radius 3 is 2.36 bits per heavy atom. The van der Waals surface area contributed by atoms with E-state index in [4.69, 9.17) is 0 Å². The zero-order valence-electron chi connectivity index (χ0n) is 7.53. The molecule has 0 N–H and O–H groups in total. The van der Waals surface area contributed by atoms with E-state index in [1.54, 1.807) is 6.08 Å². The second-order valence-electron chi connectivity index (χ2n) is 2.79. The second-order valence-corrected chi connectivity index (χ2v) is 2.79. The summed E-state index contributed by atoms with van der Waals surface area (Å²) in [4.78, 5) is 0. The Bertz CT molecular complexity index is 151. The van der Waals surface area contributed by atoms with Crippen molar-refractivity contribution >= 4 is 0 Å². The summed E-state index contributed by atoms with van der Waals surface area (Å²) in [5.74, 6) is 0. The highest BCUT2D eigenvalue weighted by molar-refractivity contribution is 5.33. The molecule has 0 aliphatic carbocycles. The Labute approximate surface area is 70.3 Å². The maximum atomic E-state index is 3.93. The lowest BCUT2D eigenvalue weighted by molar-refractivity contribution is 0.718. The fourth-order valence-electron chi connectivity index (χ4n) is 0.893. The lowest BCUT2D eigenvalue weighted by atomic mass is 10.0. The highest BCUT2D eigenvalue weighted by Crippen LogP contribution is 2.14. The van der Waals surface area contributed by atoms with Crippen molar-refractivity contribution in [3.63, 3.8) is 0 Å². The quantitative estimate of drug-likeness (QED) is 0.398. The first kappa shape index (κ1) is 10.2. The van der Waals surface area contributed by atoms with Crippen LogP contribution in [-0.4, -0.2) is 0 Å². The van der Waals surface area contributed by atoms with Crippen molar-refractivity contribution in [1.82, 2.24) is 0 Å². The van der Waals surface area contributed by atoms with Crippen LogP contribution in [0.25, 0.3) is 0 Å². The summed E-state index contributed by atoms with van der Waals surface area (Å²) in [6, 6.07) is 0. The van der Waals surface area contributed by atoms with E-state index in [0.717, 1.165) is 17.6 Å². The molecule has 0 unspecified atom stereocenters. The fourth-order valence-corrected chi connectivity index (χ4v) is 0.893. The van der Waals surface area contributed by atoms with Crippen molar-refractivity contribution in [2.75, 3.05) is 0 Å². The minimum Gasteiger partial charge on any atom is -0.0985 e. The molecule has 62 valence electrons. The Morgan fingerprint density at radius 2 is 1.91 bits per heavy atom. The van der Waals surface area contributed by atoms with Crippen LogP contribution in [0.15, 0.2) is 37.0 Å². The van der Waals surface area contributed by atoms with Crippen LogP contribution in [0.1, 0.15) is 32.6 Å². The monoisotopic (exact) mass is 150 g/mol. The first-order chi connectivity index (χ1) is 5.22. The van der Waals surface area contributed by atoms with Crippen molar-refractivity contribution in [2.45, 2.75) is 32.6 Å². The van der Waals surface area contributed by atoms with Crippen LogP contribution in [-0.2, 0) is 0 Å². The van der Waals surface area contributed by atoms with Gasteiger partial charge in [0.1, 0.15) is 0 Å². The van der Waals surface area contributed by atoms with E-state index in [1.807, 2.05) is 0 Å². The van der Waals surface area contributed by atoms with Crippen LogP contribution >= 0.6 is 0 Å². The van der Waals surface area contributed by atoms with Crippen molar-refractivity contribution < 1.29 is 0 Å². The number of allylic oxidation sites excluding steroid dienone is 3. The van der Waals surface area contributed by atoms with E-state index in [0.29, 0.717) is 0 Å². The van der Waals surface area contributed by atoms with Gasteiger partial charge < -0.3 is 0 Å². The average Bonchev–Trinajstić information content (AvgIpc) is 2.03. The smallest absolute Gasteiger partial charge is 0.0279 e. The minimum atomic E-state index is 0.987. The van der Waals surface area contributed by atoms with E-state index in [2.05, 4.69) is 26.7 Å². The molecule has 0 heterocycles. The molecule has 0 radical (unpaired) electrons. The van der Waals surface area contributed by atoms with Gasteiger partial charge in [-0.25, -0.2) is 0 Å². The third kappa shape index (κ3) is 4.60. The number of unbranched alkanes of at least 4 members (excludes halogenated alkanes) is 2. The molecule has 0 saturated carbocycles. The molecule has 0 nitrogen and oxygen atoms in total. The minimum absolute atomic E-state index is 0.987. The van der Waals surface area contributed by atoms with Crippen LogP contribution in [0.5, 0.6) is 0 Å². The summed E-state index contributed by atoms with van der Waals surface area (Å²) in [7, 11) is 0. The fraction of sp³-hybridized carbons (Fsp3) is 0.455. The molecule has 11 heavy (non-hydrogen) atoms. The molecule has 0 atom stereocenters. The van der Waals surface area contributed by atoms with Crippen molar-refractivity contribution in [3.8, 4) is 0 Å². The van der Waals surface area contributed by atoms with Crippen molar-refractivity contribution in [3.05, 3.63) is 37.0 Å². The molecule has 0 fully saturated rings. The molecule has 0 aromatic carbocycles. The van der Waals surface area contributed by atoms with Gasteiger partial charge in [-0.1, -0.05) is 45.6 Å². The zero-order chi connectivity index (χ0) is 8.69. The molecule has 0 spiro atoms. The van der Waals surface area contributed by atoms with Crippen molar-refractivity contribution in [1.29, 1.82) is 0 Å². The lowest BCUT2D eigenvalue weighted by Gasteiger charge is -2.03. The third-order valence-electron chi connectivity index (χ3n) is 1.78. The van der Waals surface area contributed by atoms with Gasteiger partial charge in [-0.2, -0.15) is 0 Å². The van der Waals surface area contributed by atoms with Gasteiger partial charge in [-0.3, -0.25) is 0 Å². The summed E-state index contributed by atoms with van der Waals surface area (Å²) in [5.41, 5.74) is 2.12. The Balaban J connectivity index is 3.52. The maximum Gasteiger partial charge on any atom is -0.0279 e. The maximum absolute atomic E-state index is 3.93. The van der Waals surface area contributed by atoms with E-state index < -0.39 is 0 Å². The predicted molar refractivity (Wildman–Crippen MR) is 52.6 cm³/mol. The number of hydrogen-bond acceptors (Lipinski definition) is 0. The van der Waals surface area contributed by atoms with Crippen molar-refractivity contribution in [2.24, 2.45) is 0 Å². The second kappa shape index (κ2) is 5.96. The van der Waals surface area contributed by atoms with Gasteiger partial charge in [0.25, 0.3) is 0 Å². The highest BCUT2D eigenvalue weighted by atomic mass is 14.0. The molecule has 0 rings (SSSR count). The summed E-state index contributed by atoms with van der Waals surface area (Å²) >= 11 is 0. The van der Waals surface area contributed by atoms with Crippen LogP contribution in [0.3, 0.4) is 0 Å². The van der Waals surface area contributed by atoms with E-state index in [9.17, 15) is 0 Å². The molecule has 0 aliphatic heterocycles. The molecule has 0 amide bonds. The lowest BCUT2D eigenvalue weighted by Crippen LogP contribution is -1.83. The first-order valence-corrected chi connectivity index (χ1v) is 4.21. The third-order valence-corrected chi connectivity index (χ3v) is 1.78. The van der Waals surface area contributed by atoms with Crippen LogP contribution in [0, 0.1) is 0 Å². The molecular formula is C11H18. The van der Waals surface area contributed by atoms with Crippen LogP contribution < -0.4 is 0 Å². The molecule has 0 aromatic heterocycles. The number of rotatable bonds is 6. The molecular weight excluding hydrogens is 132 g/mol. The molecule has 0 bridgehead atoms. The SMILES string of the molecule is C=CC(=C)C(=C)CCCCC. The predicted octanol–water partition coefficient (Wildman–Crippen LogP) is 3.87. The van der Waals surface area contributed by atoms with Crippen LogP contribution in [0.4, 0.5) is 0 Å². The van der Waals surface area contributed by atoms with Gasteiger partial charge in [0.2, 0.25) is 0 Å². The summed E-state index contributed by atoms with van der Waals surface area (Å²) in [6.07, 6.45) is 6.60. The first-order valence-electron chi connectivity index (χ1n) is 4.21. The number of hydrogen-bond donors (Lipinski definition) is 0. The standard InChI is InChI=1S/C11H18/c1-5-7-8-9-11(4)10(3)6-2/h6H,2-5,7-9H2,1H3. The Kier molecular flexibility index (Phi) is 5.54. The topological polar surface area (TPSA) is 0 Å². The van der Waals surface area contributed by atoms with Gasteiger partial charge in [0.05, 0.1) is 0 Å². The largest absolute Gasteiger partial charge is 0.0985 e.